The van der Waals surface area contributed by atoms with Crippen molar-refractivity contribution in [2.75, 3.05) is 0 Å². The average Bonchev–Trinajstić information content (AvgIpc) is 2.87. The number of pyridine rings is 1. The first-order valence-electron chi connectivity index (χ1n) is 4.69. The lowest BCUT2D eigenvalue weighted by atomic mass is 10.2. The number of aromatic nitrogens is 1. The van der Waals surface area contributed by atoms with E-state index in [1.54, 1.807) is 11.3 Å². The first-order chi connectivity index (χ1) is 7.36. The van der Waals surface area contributed by atoms with Gasteiger partial charge < -0.3 is 9.51 Å². The van der Waals surface area contributed by atoms with E-state index in [-0.39, 0.29) is 0 Å². The van der Waals surface area contributed by atoms with Crippen molar-refractivity contribution in [2.24, 2.45) is 0 Å². The molecule has 0 atom stereocenters. The molecule has 0 aliphatic rings. The van der Waals surface area contributed by atoms with Gasteiger partial charge in [0, 0.05) is 17.3 Å². The number of thiophene rings is 1. The first kappa shape index (κ1) is 8.56. The monoisotopic (exact) mass is 215 g/mol. The minimum absolute atomic E-state index is 0.359. The van der Waals surface area contributed by atoms with Crippen LogP contribution in [0.15, 0.2) is 48.1 Å². The van der Waals surface area contributed by atoms with Gasteiger partial charge in [0.2, 0.25) is 0 Å². The van der Waals surface area contributed by atoms with Gasteiger partial charge in [0.05, 0.1) is 11.1 Å². The normalized spacial score (nSPS) is 10.9. The van der Waals surface area contributed by atoms with Gasteiger partial charge in [-0.25, -0.2) is 0 Å². The van der Waals surface area contributed by atoms with Gasteiger partial charge in [-0.2, -0.15) is 0 Å². The predicted molar refractivity (Wildman–Crippen MR) is 62.4 cm³/mol. The lowest BCUT2D eigenvalue weighted by Gasteiger charge is -1.93. The van der Waals surface area contributed by atoms with Crippen LogP contribution in [0.1, 0.15) is 0 Å². The Bertz CT molecular complexity index is 595. The van der Waals surface area contributed by atoms with Crippen LogP contribution in [0.4, 0.5) is 0 Å². The second kappa shape index (κ2) is 3.14. The summed E-state index contributed by atoms with van der Waals surface area (Å²) in [6.45, 7) is 0. The van der Waals surface area contributed by atoms with E-state index in [0.29, 0.717) is 5.75 Å². The Hall–Kier alpha value is -1.74. The molecule has 3 aromatic rings. The standard InChI is InChI=1S/C12H9NOS/c14-12-9(11-5-3-7-15-11)8-13-6-2-1-4-10(12)13/h1-8,14H. The van der Waals surface area contributed by atoms with Crippen LogP contribution in [-0.2, 0) is 0 Å². The molecule has 0 amide bonds. The minimum Gasteiger partial charge on any atom is -0.505 e. The number of hydrogen-bond acceptors (Lipinski definition) is 2. The lowest BCUT2D eigenvalue weighted by Crippen LogP contribution is -1.76. The van der Waals surface area contributed by atoms with Crippen LogP contribution in [0.3, 0.4) is 0 Å². The van der Waals surface area contributed by atoms with Crippen molar-refractivity contribution in [3.05, 3.63) is 48.1 Å². The fourth-order valence-electron chi connectivity index (χ4n) is 1.72. The van der Waals surface area contributed by atoms with E-state index in [2.05, 4.69) is 0 Å². The molecule has 0 unspecified atom stereocenters. The summed E-state index contributed by atoms with van der Waals surface area (Å²) in [6.07, 6.45) is 3.89. The van der Waals surface area contributed by atoms with Gasteiger partial charge in [-0.05, 0) is 23.6 Å². The topological polar surface area (TPSA) is 24.6 Å². The van der Waals surface area contributed by atoms with E-state index in [1.807, 2.05) is 52.5 Å². The van der Waals surface area contributed by atoms with E-state index in [9.17, 15) is 5.11 Å². The maximum Gasteiger partial charge on any atom is 0.149 e. The first-order valence-corrected chi connectivity index (χ1v) is 5.57. The summed E-state index contributed by atoms with van der Waals surface area (Å²) in [7, 11) is 0. The van der Waals surface area contributed by atoms with Crippen LogP contribution in [-0.4, -0.2) is 9.51 Å². The van der Waals surface area contributed by atoms with Crippen molar-refractivity contribution in [1.29, 1.82) is 0 Å². The van der Waals surface area contributed by atoms with Gasteiger partial charge in [0.1, 0.15) is 5.75 Å². The summed E-state index contributed by atoms with van der Waals surface area (Å²) in [5, 5.41) is 12.1. The highest BCUT2D eigenvalue weighted by Crippen LogP contribution is 2.36. The van der Waals surface area contributed by atoms with Crippen LogP contribution in [0.5, 0.6) is 5.75 Å². The number of fused-ring (bicyclic) bond motifs is 1. The molecule has 0 saturated heterocycles. The predicted octanol–water partition coefficient (Wildman–Crippen LogP) is 3.37. The zero-order valence-electron chi connectivity index (χ0n) is 7.92. The van der Waals surface area contributed by atoms with Gasteiger partial charge in [-0.3, -0.25) is 0 Å². The summed E-state index contributed by atoms with van der Waals surface area (Å²) in [4.78, 5) is 1.09. The Kier molecular flexibility index (Phi) is 1.79. The molecular weight excluding hydrogens is 206 g/mol. The third-order valence-electron chi connectivity index (χ3n) is 2.44. The van der Waals surface area contributed by atoms with Crippen molar-refractivity contribution >= 4 is 16.9 Å². The van der Waals surface area contributed by atoms with Gasteiger partial charge in [0.25, 0.3) is 0 Å². The van der Waals surface area contributed by atoms with Crippen LogP contribution in [0.25, 0.3) is 16.0 Å². The van der Waals surface area contributed by atoms with E-state index in [1.165, 1.54) is 0 Å². The van der Waals surface area contributed by atoms with Crippen LogP contribution >= 0.6 is 11.3 Å². The zero-order chi connectivity index (χ0) is 10.3. The molecular formula is C12H9NOS. The largest absolute Gasteiger partial charge is 0.505 e. The van der Waals surface area contributed by atoms with Crippen molar-refractivity contribution in [1.82, 2.24) is 4.40 Å². The molecule has 15 heavy (non-hydrogen) atoms. The maximum atomic E-state index is 10.0. The van der Waals surface area contributed by atoms with Gasteiger partial charge in [0.15, 0.2) is 0 Å². The zero-order valence-corrected chi connectivity index (χ0v) is 8.74. The molecule has 3 aromatic heterocycles. The molecule has 0 aliphatic heterocycles. The molecule has 0 fully saturated rings. The number of aromatic hydroxyl groups is 1. The number of rotatable bonds is 1. The molecule has 0 bridgehead atoms. The highest BCUT2D eigenvalue weighted by Gasteiger charge is 2.10. The molecule has 1 N–H and O–H groups in total. The van der Waals surface area contributed by atoms with Crippen molar-refractivity contribution in [2.45, 2.75) is 0 Å². The van der Waals surface area contributed by atoms with Crippen molar-refractivity contribution < 1.29 is 5.11 Å². The summed E-state index contributed by atoms with van der Waals surface area (Å²) in [5.41, 5.74) is 1.75. The molecule has 0 spiro atoms. The maximum absolute atomic E-state index is 10.0. The summed E-state index contributed by atoms with van der Waals surface area (Å²) < 4.78 is 1.93. The van der Waals surface area contributed by atoms with Crippen LogP contribution < -0.4 is 0 Å². The molecule has 3 heterocycles. The molecule has 0 saturated carbocycles. The number of nitrogens with zero attached hydrogens (tertiary/aromatic N) is 1. The second-order valence-corrected chi connectivity index (χ2v) is 4.31. The highest BCUT2D eigenvalue weighted by atomic mass is 32.1. The van der Waals surface area contributed by atoms with E-state index < -0.39 is 0 Å². The molecule has 0 radical (unpaired) electrons. The van der Waals surface area contributed by atoms with Crippen LogP contribution in [0.2, 0.25) is 0 Å². The third kappa shape index (κ3) is 1.24. The lowest BCUT2D eigenvalue weighted by molar-refractivity contribution is 0.484. The Balaban J connectivity index is 2.33. The molecule has 3 heteroatoms. The molecule has 2 nitrogen and oxygen atoms in total. The van der Waals surface area contributed by atoms with Crippen molar-refractivity contribution in [3.8, 4) is 16.2 Å². The molecule has 0 aliphatic carbocycles. The van der Waals surface area contributed by atoms with Crippen LogP contribution in [0, 0.1) is 0 Å². The van der Waals surface area contributed by atoms with Gasteiger partial charge >= 0.3 is 0 Å². The Morgan fingerprint density at radius 3 is 2.80 bits per heavy atom. The smallest absolute Gasteiger partial charge is 0.149 e. The fraction of sp³-hybridized carbons (Fsp3) is 0. The van der Waals surface area contributed by atoms with Gasteiger partial charge in [-0.15, -0.1) is 11.3 Å². The SMILES string of the molecule is Oc1c(-c2cccs2)cn2ccccc12. The van der Waals surface area contributed by atoms with E-state index in [4.69, 9.17) is 0 Å². The van der Waals surface area contributed by atoms with Gasteiger partial charge in [-0.1, -0.05) is 12.1 Å². The Labute approximate surface area is 91.0 Å². The Morgan fingerprint density at radius 1 is 1.13 bits per heavy atom. The summed E-state index contributed by atoms with van der Waals surface area (Å²) in [5.74, 6) is 0.359. The molecule has 3 rings (SSSR count). The van der Waals surface area contributed by atoms with E-state index in [0.717, 1.165) is 16.0 Å². The molecule has 0 aromatic carbocycles. The summed E-state index contributed by atoms with van der Waals surface area (Å²) in [6, 6.07) is 9.78. The second-order valence-electron chi connectivity index (χ2n) is 3.36. The third-order valence-corrected chi connectivity index (χ3v) is 3.35. The summed E-state index contributed by atoms with van der Waals surface area (Å²) >= 11 is 1.63. The quantitative estimate of drug-likeness (QED) is 0.661. The fourth-order valence-corrected chi connectivity index (χ4v) is 2.46. The average molecular weight is 215 g/mol. The van der Waals surface area contributed by atoms with E-state index >= 15 is 0 Å². The van der Waals surface area contributed by atoms with Crippen molar-refractivity contribution in [3.63, 3.8) is 0 Å². The Morgan fingerprint density at radius 2 is 2.07 bits per heavy atom. The highest BCUT2D eigenvalue weighted by molar-refractivity contribution is 7.13. The number of hydrogen-bond donors (Lipinski definition) is 1. The minimum atomic E-state index is 0.359. The molecule has 74 valence electrons.